The molecule has 186 valence electrons. The number of likely N-dealkylation sites (N-methyl/N-ethyl adjacent to an activating group) is 1. The molecular formula is C25H35BClFN2O4. The normalized spacial score (nSPS) is 13.1. The standard InChI is InChI=1S/C25H35BClFN2O4/c1-5-34-25(31)20(17-33-13-12-30(3)4)15-22(29-26(2)32)14-18-6-8-19(9-7-18)23-16-21(27)10-11-24(23)28/h6-11,16,20,22,29,32H,5,12-15,17H2,1-4H3/t20-,22+/m0/s1. The fourth-order valence-electron chi connectivity index (χ4n) is 3.68. The van der Waals surface area contributed by atoms with Crippen molar-refractivity contribution in [2.75, 3.05) is 40.5 Å². The summed E-state index contributed by atoms with van der Waals surface area (Å²) in [5.74, 6) is -1.10. The molecule has 0 aliphatic rings. The summed E-state index contributed by atoms with van der Waals surface area (Å²) in [7, 11) is 3.17. The van der Waals surface area contributed by atoms with Gasteiger partial charge >= 0.3 is 13.0 Å². The quantitative estimate of drug-likeness (QED) is 0.237. The van der Waals surface area contributed by atoms with E-state index in [1.54, 1.807) is 19.8 Å². The number of carbonyl (C=O) groups is 1. The lowest BCUT2D eigenvalue weighted by atomic mass is 9.83. The van der Waals surface area contributed by atoms with Crippen LogP contribution in [0.3, 0.4) is 0 Å². The highest BCUT2D eigenvalue weighted by Crippen LogP contribution is 2.27. The lowest BCUT2D eigenvalue weighted by Crippen LogP contribution is -2.44. The van der Waals surface area contributed by atoms with Crippen molar-refractivity contribution in [1.29, 1.82) is 0 Å². The Labute approximate surface area is 207 Å². The number of rotatable bonds is 14. The van der Waals surface area contributed by atoms with Gasteiger partial charge in [-0.05, 0) is 70.0 Å². The van der Waals surface area contributed by atoms with Gasteiger partial charge in [0.05, 0.1) is 25.7 Å². The van der Waals surface area contributed by atoms with Gasteiger partial charge in [-0.25, -0.2) is 4.39 Å². The minimum atomic E-state index is -0.748. The third kappa shape index (κ3) is 9.72. The van der Waals surface area contributed by atoms with Crippen LogP contribution in [0.4, 0.5) is 4.39 Å². The third-order valence-electron chi connectivity index (χ3n) is 5.34. The molecule has 0 spiro atoms. The number of esters is 1. The van der Waals surface area contributed by atoms with E-state index in [0.717, 1.165) is 17.7 Å². The summed E-state index contributed by atoms with van der Waals surface area (Å²) in [4.78, 5) is 14.6. The number of hydrogen-bond acceptors (Lipinski definition) is 6. The van der Waals surface area contributed by atoms with Crippen molar-refractivity contribution in [2.24, 2.45) is 5.92 Å². The Morgan fingerprint density at radius 1 is 1.24 bits per heavy atom. The highest BCUT2D eigenvalue weighted by atomic mass is 35.5. The molecule has 2 aromatic rings. The lowest BCUT2D eigenvalue weighted by Gasteiger charge is -2.25. The Morgan fingerprint density at radius 2 is 1.94 bits per heavy atom. The van der Waals surface area contributed by atoms with Gasteiger partial charge in [-0.3, -0.25) is 4.79 Å². The Balaban J connectivity index is 2.11. The van der Waals surface area contributed by atoms with Gasteiger partial charge in [0.25, 0.3) is 0 Å². The van der Waals surface area contributed by atoms with Gasteiger partial charge < -0.3 is 24.6 Å². The first-order chi connectivity index (χ1) is 16.2. The van der Waals surface area contributed by atoms with Crippen LogP contribution >= 0.6 is 11.6 Å². The van der Waals surface area contributed by atoms with Crippen LogP contribution in [0.15, 0.2) is 42.5 Å². The summed E-state index contributed by atoms with van der Waals surface area (Å²) < 4.78 is 25.2. The molecule has 0 saturated carbocycles. The number of hydrogen-bond donors (Lipinski definition) is 2. The van der Waals surface area contributed by atoms with Crippen molar-refractivity contribution in [3.8, 4) is 11.1 Å². The Bertz CT molecular complexity index is 899. The zero-order chi connectivity index (χ0) is 25.1. The van der Waals surface area contributed by atoms with Crippen molar-refractivity contribution in [2.45, 2.75) is 32.6 Å². The maximum Gasteiger partial charge on any atom is 0.373 e. The zero-order valence-corrected chi connectivity index (χ0v) is 21.1. The van der Waals surface area contributed by atoms with E-state index in [4.69, 9.17) is 21.1 Å². The van der Waals surface area contributed by atoms with Gasteiger partial charge in [0, 0.05) is 23.2 Å². The van der Waals surface area contributed by atoms with Crippen molar-refractivity contribution in [1.82, 2.24) is 10.1 Å². The van der Waals surface area contributed by atoms with Crippen molar-refractivity contribution in [3.05, 3.63) is 58.9 Å². The summed E-state index contributed by atoms with van der Waals surface area (Å²) in [5.41, 5.74) is 2.15. The lowest BCUT2D eigenvalue weighted by molar-refractivity contribution is -0.150. The molecule has 0 radical (unpaired) electrons. The van der Waals surface area contributed by atoms with E-state index in [1.165, 1.54) is 12.1 Å². The van der Waals surface area contributed by atoms with E-state index in [9.17, 15) is 14.2 Å². The molecule has 0 aliphatic carbocycles. The summed E-state index contributed by atoms with van der Waals surface area (Å²) in [6.07, 6.45) is 1.01. The van der Waals surface area contributed by atoms with Crippen LogP contribution < -0.4 is 5.23 Å². The second kappa shape index (κ2) is 14.4. The molecule has 0 aliphatic heterocycles. The van der Waals surface area contributed by atoms with E-state index < -0.39 is 13.0 Å². The van der Waals surface area contributed by atoms with E-state index in [2.05, 4.69) is 5.23 Å². The highest BCUT2D eigenvalue weighted by molar-refractivity contribution is 6.45. The van der Waals surface area contributed by atoms with Crippen LogP contribution in [0.5, 0.6) is 0 Å². The van der Waals surface area contributed by atoms with Crippen LogP contribution in [0, 0.1) is 11.7 Å². The van der Waals surface area contributed by atoms with Crippen molar-refractivity contribution < 1.29 is 23.7 Å². The predicted molar refractivity (Wildman–Crippen MR) is 135 cm³/mol. The first kappa shape index (κ1) is 28.3. The minimum absolute atomic E-state index is 0.194. The topological polar surface area (TPSA) is 71.0 Å². The molecule has 0 bridgehead atoms. The predicted octanol–water partition coefficient (Wildman–Crippen LogP) is 3.90. The molecule has 0 amide bonds. The number of ether oxygens (including phenoxy) is 2. The van der Waals surface area contributed by atoms with Gasteiger partial charge in [0.2, 0.25) is 0 Å². The molecule has 0 aromatic heterocycles. The molecule has 2 atom stereocenters. The molecule has 0 heterocycles. The van der Waals surface area contributed by atoms with Crippen molar-refractivity contribution in [3.63, 3.8) is 0 Å². The summed E-state index contributed by atoms with van der Waals surface area (Å²) in [6, 6.07) is 11.8. The zero-order valence-electron chi connectivity index (χ0n) is 20.4. The second-order valence-corrected chi connectivity index (χ2v) is 9.06. The number of nitrogens with zero attached hydrogens (tertiary/aromatic N) is 1. The fraction of sp³-hybridized carbons (Fsp3) is 0.480. The van der Waals surface area contributed by atoms with E-state index in [1.807, 2.05) is 43.3 Å². The van der Waals surface area contributed by atoms with E-state index in [-0.39, 0.29) is 24.4 Å². The van der Waals surface area contributed by atoms with Crippen LogP contribution in [-0.4, -0.2) is 69.4 Å². The van der Waals surface area contributed by atoms with Crippen LogP contribution in [0.2, 0.25) is 11.8 Å². The van der Waals surface area contributed by atoms with Crippen LogP contribution in [0.1, 0.15) is 18.9 Å². The van der Waals surface area contributed by atoms with E-state index >= 15 is 0 Å². The van der Waals surface area contributed by atoms with Crippen molar-refractivity contribution >= 4 is 24.6 Å². The van der Waals surface area contributed by atoms with E-state index in [0.29, 0.717) is 36.6 Å². The minimum Gasteiger partial charge on any atom is -0.466 e. The molecule has 2 rings (SSSR count). The monoisotopic (exact) mass is 492 g/mol. The summed E-state index contributed by atoms with van der Waals surface area (Å²) in [6.45, 7) is 5.23. The molecule has 0 saturated heterocycles. The van der Waals surface area contributed by atoms with Gasteiger partial charge in [0.15, 0.2) is 0 Å². The van der Waals surface area contributed by atoms with Gasteiger partial charge in [-0.2, -0.15) is 0 Å². The average Bonchev–Trinajstić information content (AvgIpc) is 2.77. The number of nitrogens with one attached hydrogen (secondary N) is 1. The van der Waals surface area contributed by atoms with Crippen LogP contribution in [0.25, 0.3) is 11.1 Å². The maximum absolute atomic E-state index is 14.2. The molecule has 6 nitrogen and oxygen atoms in total. The molecule has 0 fully saturated rings. The fourth-order valence-corrected chi connectivity index (χ4v) is 3.86. The summed E-state index contributed by atoms with van der Waals surface area (Å²) in [5, 5.41) is 13.6. The third-order valence-corrected chi connectivity index (χ3v) is 5.58. The first-order valence-corrected chi connectivity index (χ1v) is 11.9. The molecule has 0 unspecified atom stereocenters. The molecule has 2 aromatic carbocycles. The number of halogens is 2. The largest absolute Gasteiger partial charge is 0.466 e. The van der Waals surface area contributed by atoms with Gasteiger partial charge in [-0.1, -0.05) is 35.9 Å². The average molecular weight is 493 g/mol. The molecular weight excluding hydrogens is 458 g/mol. The van der Waals surface area contributed by atoms with Gasteiger partial charge in [0.1, 0.15) is 5.82 Å². The smallest absolute Gasteiger partial charge is 0.373 e. The van der Waals surface area contributed by atoms with Gasteiger partial charge in [-0.15, -0.1) is 0 Å². The maximum atomic E-state index is 14.2. The molecule has 2 N–H and O–H groups in total. The number of carbonyl (C=O) groups excluding carboxylic acids is 1. The summed E-state index contributed by atoms with van der Waals surface area (Å²) >= 11 is 6.02. The first-order valence-electron chi connectivity index (χ1n) is 11.6. The Kier molecular flexibility index (Phi) is 12.0. The Hall–Kier alpha value is -1.97. The highest BCUT2D eigenvalue weighted by Gasteiger charge is 2.26. The second-order valence-electron chi connectivity index (χ2n) is 8.63. The molecule has 34 heavy (non-hydrogen) atoms. The number of benzene rings is 2. The SMILES string of the molecule is CCOC(=O)[C@H](COCCN(C)C)C[C@@H](Cc1ccc(-c2cc(Cl)ccc2F)cc1)NB(C)O. The molecule has 9 heteroatoms. The van der Waals surface area contributed by atoms with Crippen LogP contribution in [-0.2, 0) is 20.7 Å². The Morgan fingerprint density at radius 3 is 2.56 bits per heavy atom.